The summed E-state index contributed by atoms with van der Waals surface area (Å²) in [6, 6.07) is 0. The number of aliphatic hydroxyl groups is 4. The van der Waals surface area contributed by atoms with Crippen molar-refractivity contribution in [1.29, 1.82) is 0 Å². The molecule has 0 aromatic heterocycles. The third-order valence-corrected chi connectivity index (χ3v) is 6.71. The van der Waals surface area contributed by atoms with Crippen molar-refractivity contribution in [3.8, 4) is 0 Å². The maximum atomic E-state index is 10.8. The highest BCUT2D eigenvalue weighted by molar-refractivity contribution is 8.14. The summed E-state index contributed by atoms with van der Waals surface area (Å²) in [6.07, 6.45) is 3.99. The molecular formula is C17H33NO9S3. The predicted molar refractivity (Wildman–Crippen MR) is 117 cm³/mol. The molecule has 0 radical (unpaired) electrons. The van der Waals surface area contributed by atoms with E-state index in [2.05, 4.69) is 15.7 Å². The highest BCUT2D eigenvalue weighted by Crippen LogP contribution is 2.30. The molecule has 13 heteroatoms. The first-order valence-corrected chi connectivity index (χ1v) is 13.5. The smallest absolute Gasteiger partial charge is 0.394 e. The van der Waals surface area contributed by atoms with Gasteiger partial charge >= 0.3 is 10.4 Å². The Morgan fingerprint density at radius 2 is 1.60 bits per heavy atom. The molecule has 0 aromatic rings. The van der Waals surface area contributed by atoms with Gasteiger partial charge in [0.1, 0.15) is 34.9 Å². The average Bonchev–Trinajstić information content (AvgIpc) is 2.70. The van der Waals surface area contributed by atoms with Crippen molar-refractivity contribution in [3.63, 3.8) is 0 Å². The zero-order valence-electron chi connectivity index (χ0n) is 17.0. The summed E-state index contributed by atoms with van der Waals surface area (Å²) in [5.41, 5.74) is -1.11. The summed E-state index contributed by atoms with van der Waals surface area (Å²) in [5, 5.41) is 42.7. The summed E-state index contributed by atoms with van der Waals surface area (Å²) in [4.78, 5) is 0. The molecule has 178 valence electrons. The second kappa shape index (κ2) is 14.9. The van der Waals surface area contributed by atoms with E-state index >= 15 is 0 Å². The largest absolute Gasteiger partial charge is 0.466 e. The summed E-state index contributed by atoms with van der Waals surface area (Å²) in [6.45, 7) is -0.576. The van der Waals surface area contributed by atoms with E-state index in [1.54, 1.807) is 0 Å². The number of ether oxygens (including phenoxy) is 1. The maximum absolute atomic E-state index is 10.8. The molecule has 1 saturated heterocycles. The molecule has 0 spiro atoms. The van der Waals surface area contributed by atoms with Crippen molar-refractivity contribution in [1.82, 2.24) is 0 Å². The highest BCUT2D eigenvalue weighted by atomic mass is 32.3. The van der Waals surface area contributed by atoms with E-state index in [0.29, 0.717) is 12.8 Å². The lowest BCUT2D eigenvalue weighted by Crippen LogP contribution is -2.57. The molecule has 5 atom stereocenters. The van der Waals surface area contributed by atoms with E-state index in [0.717, 1.165) is 37.4 Å². The van der Waals surface area contributed by atoms with Crippen molar-refractivity contribution in [3.05, 3.63) is 0 Å². The third-order valence-electron chi connectivity index (χ3n) is 4.57. The fraction of sp³-hybridized carbons (Fsp3) is 0.941. The third kappa shape index (κ3) is 11.0. The lowest BCUT2D eigenvalue weighted by molar-refractivity contribution is -0.205. The molecule has 5 N–H and O–H groups in total. The average molecular weight is 492 g/mol. The molecule has 10 nitrogen and oxygen atoms in total. The number of nitrogens with zero attached hydrogens (tertiary/aromatic N) is 1. The minimum Gasteiger partial charge on any atom is -0.394 e. The summed E-state index contributed by atoms with van der Waals surface area (Å²) < 4.78 is 39.9. The van der Waals surface area contributed by atoms with Crippen molar-refractivity contribution in [2.24, 2.45) is 5.16 Å². The fourth-order valence-electron chi connectivity index (χ4n) is 2.92. The van der Waals surface area contributed by atoms with E-state index in [9.17, 15) is 28.8 Å². The van der Waals surface area contributed by atoms with Crippen LogP contribution in [0.5, 0.6) is 0 Å². The molecule has 30 heavy (non-hydrogen) atoms. The zero-order chi connectivity index (χ0) is 22.6. The van der Waals surface area contributed by atoms with E-state index in [4.69, 9.17) is 9.29 Å². The van der Waals surface area contributed by atoms with E-state index in [-0.39, 0.29) is 5.04 Å². The Balaban J connectivity index is 2.56. The lowest BCUT2D eigenvalue weighted by atomic mass is 10.0. The topological polar surface area (TPSA) is 166 Å². The molecule has 0 aliphatic carbocycles. The van der Waals surface area contributed by atoms with Crippen LogP contribution in [0.15, 0.2) is 5.16 Å². The minimum atomic E-state index is -4.79. The second-order valence-electron chi connectivity index (χ2n) is 7.02. The molecule has 1 fully saturated rings. The van der Waals surface area contributed by atoms with Crippen LogP contribution in [-0.4, -0.2) is 86.9 Å². The molecule has 0 bridgehead atoms. The summed E-state index contributed by atoms with van der Waals surface area (Å²) in [5.74, 6) is 1.17. The monoisotopic (exact) mass is 491 g/mol. The van der Waals surface area contributed by atoms with Crippen LogP contribution in [-0.2, 0) is 19.4 Å². The van der Waals surface area contributed by atoms with Crippen LogP contribution in [0.25, 0.3) is 0 Å². The Bertz CT molecular complexity index is 603. The van der Waals surface area contributed by atoms with Gasteiger partial charge in [0.25, 0.3) is 0 Å². The molecule has 1 rings (SSSR count). The molecule has 1 aliphatic rings. The van der Waals surface area contributed by atoms with Gasteiger partial charge in [0.2, 0.25) is 0 Å². The molecular weight excluding hydrogens is 458 g/mol. The van der Waals surface area contributed by atoms with Gasteiger partial charge in [-0.2, -0.15) is 20.2 Å². The maximum Gasteiger partial charge on any atom is 0.466 e. The Labute approximate surface area is 186 Å². The zero-order valence-corrected chi connectivity index (χ0v) is 19.4. The van der Waals surface area contributed by atoms with Gasteiger partial charge in [-0.25, -0.2) is 4.28 Å². The van der Waals surface area contributed by atoms with Crippen molar-refractivity contribution >= 4 is 39.0 Å². The number of thioether (sulfide) groups is 2. The summed E-state index contributed by atoms with van der Waals surface area (Å²) in [7, 11) is -4.79. The van der Waals surface area contributed by atoms with Crippen LogP contribution in [0, 0.1) is 0 Å². The Morgan fingerprint density at radius 1 is 1.00 bits per heavy atom. The molecule has 5 unspecified atom stereocenters. The summed E-state index contributed by atoms with van der Waals surface area (Å²) >= 11 is 2.65. The van der Waals surface area contributed by atoms with Crippen molar-refractivity contribution < 1.29 is 42.4 Å². The molecule has 1 heterocycles. The number of aliphatic hydroxyl groups excluding tert-OH is 4. The van der Waals surface area contributed by atoms with Crippen LogP contribution in [0.3, 0.4) is 0 Å². The van der Waals surface area contributed by atoms with Crippen LogP contribution < -0.4 is 0 Å². The van der Waals surface area contributed by atoms with Crippen molar-refractivity contribution in [2.75, 3.05) is 18.6 Å². The van der Waals surface area contributed by atoms with Gasteiger partial charge in [-0.1, -0.05) is 49.0 Å². The quantitative estimate of drug-likeness (QED) is 0.0777. The molecule has 0 saturated carbocycles. The standard InChI is InChI=1S/C17H33NO9S3/c1-28-10-8-6-4-2-3-5-7-9-13(18-27-30(23,24)25)29-17-16(22)15(21)14(20)12(11-19)26-17/h12,14-17,19-22H,2-11H2,1H3,(H,23,24,25). The SMILES string of the molecule is CSCCCCCCCCCC(=NOS(=O)(=O)O)SC1OC(CO)C(O)C(O)C1O. The van der Waals surface area contributed by atoms with Crippen LogP contribution in [0.2, 0.25) is 0 Å². The van der Waals surface area contributed by atoms with Crippen molar-refractivity contribution in [2.45, 2.75) is 81.2 Å². The Hall–Kier alpha value is -0.120. The van der Waals surface area contributed by atoms with Crippen LogP contribution >= 0.6 is 23.5 Å². The normalized spacial score (nSPS) is 27.9. The van der Waals surface area contributed by atoms with Gasteiger partial charge in [-0.15, -0.1) is 0 Å². The number of unbranched alkanes of at least 4 members (excludes halogenated alkanes) is 6. The second-order valence-corrected chi connectivity index (χ2v) is 10.2. The van der Waals surface area contributed by atoms with Gasteiger partial charge in [0, 0.05) is 0 Å². The van der Waals surface area contributed by atoms with Gasteiger partial charge in [-0.3, -0.25) is 4.55 Å². The van der Waals surface area contributed by atoms with Crippen LogP contribution in [0.1, 0.15) is 51.4 Å². The first-order valence-electron chi connectivity index (χ1n) is 9.88. The number of hydrogen-bond acceptors (Lipinski definition) is 11. The van der Waals surface area contributed by atoms with Gasteiger partial charge in [-0.05, 0) is 31.3 Å². The van der Waals surface area contributed by atoms with E-state index in [1.165, 1.54) is 18.6 Å². The Kier molecular flexibility index (Phi) is 13.8. The molecule has 1 aliphatic heterocycles. The fourth-order valence-corrected chi connectivity index (χ4v) is 4.75. The van der Waals surface area contributed by atoms with Gasteiger partial charge in [0.05, 0.1) is 6.61 Å². The highest BCUT2D eigenvalue weighted by Gasteiger charge is 2.44. The number of rotatable bonds is 14. The van der Waals surface area contributed by atoms with E-state index < -0.39 is 46.9 Å². The Morgan fingerprint density at radius 3 is 2.17 bits per heavy atom. The molecule has 0 aromatic carbocycles. The number of hydrogen-bond donors (Lipinski definition) is 5. The minimum absolute atomic E-state index is 0.136. The van der Waals surface area contributed by atoms with Gasteiger partial charge < -0.3 is 25.2 Å². The first kappa shape index (κ1) is 27.9. The van der Waals surface area contributed by atoms with Crippen LogP contribution in [0.4, 0.5) is 0 Å². The molecule has 0 amide bonds. The van der Waals surface area contributed by atoms with E-state index in [1.807, 2.05) is 11.8 Å². The predicted octanol–water partition coefficient (Wildman–Crippen LogP) is 1.14. The number of oxime groups is 1. The first-order chi connectivity index (χ1) is 14.2. The lowest BCUT2D eigenvalue weighted by Gasteiger charge is -2.39. The van der Waals surface area contributed by atoms with Gasteiger partial charge in [0.15, 0.2) is 0 Å².